The number of allylic oxidation sites excluding steroid dienone is 13. The molecule has 0 radical (unpaired) electrons. The molecule has 0 aromatic carbocycles. The summed E-state index contributed by atoms with van der Waals surface area (Å²) in [5.41, 5.74) is 12.9. The van der Waals surface area contributed by atoms with E-state index in [1.165, 1.54) is 37.8 Å². The van der Waals surface area contributed by atoms with Gasteiger partial charge in [0.05, 0.1) is 0 Å². The van der Waals surface area contributed by atoms with Crippen LogP contribution in [0.5, 0.6) is 0 Å². The summed E-state index contributed by atoms with van der Waals surface area (Å²) in [6.07, 6.45) is 31.9. The number of nitrogens with zero attached hydrogens (tertiary/aromatic N) is 1. The fourth-order valence-corrected chi connectivity index (χ4v) is 6.98. The van der Waals surface area contributed by atoms with Gasteiger partial charge in [-0.2, -0.15) is 0 Å². The molecule has 2 unspecified atom stereocenters. The first-order valence-corrected chi connectivity index (χ1v) is 13.1. The summed E-state index contributed by atoms with van der Waals surface area (Å²) in [5, 5.41) is 0. The van der Waals surface area contributed by atoms with Crippen LogP contribution >= 0.6 is 0 Å². The first-order chi connectivity index (χ1) is 16.0. The highest BCUT2D eigenvalue weighted by Gasteiger charge is 2.41. The van der Waals surface area contributed by atoms with Crippen molar-refractivity contribution >= 4 is 6.08 Å². The van der Waals surface area contributed by atoms with E-state index in [0.717, 1.165) is 19.4 Å². The largest absolute Gasteiger partial charge is 0.343 e. The Bertz CT molecular complexity index is 1200. The van der Waals surface area contributed by atoms with Crippen LogP contribution in [0.3, 0.4) is 0 Å². The lowest BCUT2D eigenvalue weighted by atomic mass is 9.67. The maximum atomic E-state index is 2.73. The summed E-state index contributed by atoms with van der Waals surface area (Å²) >= 11 is 0. The van der Waals surface area contributed by atoms with Gasteiger partial charge in [-0.25, -0.2) is 0 Å². The van der Waals surface area contributed by atoms with E-state index in [2.05, 4.69) is 86.1 Å². The minimum Gasteiger partial charge on any atom is -0.343 e. The zero-order chi connectivity index (χ0) is 22.6. The maximum absolute atomic E-state index is 2.73. The van der Waals surface area contributed by atoms with Gasteiger partial charge in [0.1, 0.15) is 0 Å². The van der Waals surface area contributed by atoms with E-state index < -0.39 is 0 Å². The van der Waals surface area contributed by atoms with Gasteiger partial charge in [0.25, 0.3) is 0 Å². The molecule has 5 aliphatic rings. The fraction of sp³-hybridized carbons (Fsp3) is 0.438. The van der Waals surface area contributed by atoms with Gasteiger partial charge >= 0.3 is 0 Å². The molecule has 1 aromatic rings. The van der Waals surface area contributed by atoms with E-state index in [-0.39, 0.29) is 5.41 Å². The van der Waals surface area contributed by atoms with Crippen molar-refractivity contribution in [2.24, 2.45) is 11.8 Å². The number of hydrogen-bond donors (Lipinski definition) is 0. The normalized spacial score (nSPS) is 27.1. The Morgan fingerprint density at radius 1 is 0.970 bits per heavy atom. The summed E-state index contributed by atoms with van der Waals surface area (Å²) in [5.74, 6) is 1.25. The van der Waals surface area contributed by atoms with Crippen molar-refractivity contribution in [3.63, 3.8) is 0 Å². The van der Waals surface area contributed by atoms with Crippen LogP contribution in [0.2, 0.25) is 0 Å². The average molecular weight is 436 g/mol. The molecule has 0 bridgehead atoms. The van der Waals surface area contributed by atoms with Gasteiger partial charge < -0.3 is 4.57 Å². The molecule has 0 fully saturated rings. The summed E-state index contributed by atoms with van der Waals surface area (Å²) in [4.78, 5) is 0. The highest BCUT2D eigenvalue weighted by molar-refractivity contribution is 5.65. The molecule has 0 aliphatic heterocycles. The second-order valence-electron chi connectivity index (χ2n) is 11.3. The van der Waals surface area contributed by atoms with Gasteiger partial charge in [0.2, 0.25) is 0 Å². The van der Waals surface area contributed by atoms with E-state index >= 15 is 0 Å². The maximum Gasteiger partial charge on any atom is 0.0441 e. The van der Waals surface area contributed by atoms with Crippen LogP contribution in [0.1, 0.15) is 75.4 Å². The van der Waals surface area contributed by atoms with E-state index in [1.54, 1.807) is 39.1 Å². The van der Waals surface area contributed by atoms with E-state index in [9.17, 15) is 0 Å². The van der Waals surface area contributed by atoms with Crippen LogP contribution in [0, 0.1) is 11.8 Å². The van der Waals surface area contributed by atoms with Crippen LogP contribution < -0.4 is 0 Å². The van der Waals surface area contributed by atoms with Crippen molar-refractivity contribution in [1.29, 1.82) is 0 Å². The summed E-state index contributed by atoms with van der Waals surface area (Å²) in [7, 11) is 0. The Hall–Kier alpha value is -2.54. The Labute approximate surface area is 199 Å². The minimum atomic E-state index is 0.0463. The molecule has 2 atom stereocenters. The number of hydrogen-bond acceptors (Lipinski definition) is 0. The predicted octanol–water partition coefficient (Wildman–Crippen LogP) is 7.95. The van der Waals surface area contributed by atoms with Crippen molar-refractivity contribution in [2.75, 3.05) is 0 Å². The van der Waals surface area contributed by atoms with Crippen LogP contribution in [0.15, 0.2) is 77.0 Å². The molecule has 1 aromatic heterocycles. The second-order valence-corrected chi connectivity index (χ2v) is 11.3. The molecular formula is C32H37N. The Balaban J connectivity index is 1.44. The van der Waals surface area contributed by atoms with E-state index in [4.69, 9.17) is 0 Å². The summed E-state index contributed by atoms with van der Waals surface area (Å²) in [6.45, 7) is 8.44. The fourth-order valence-electron chi connectivity index (χ4n) is 6.98. The summed E-state index contributed by atoms with van der Waals surface area (Å²) < 4.78 is 2.73. The number of fused-ring (bicyclic) bond motifs is 3. The lowest BCUT2D eigenvalue weighted by Crippen LogP contribution is -2.32. The Kier molecular flexibility index (Phi) is 5.13. The topological polar surface area (TPSA) is 4.93 Å². The third-order valence-corrected chi connectivity index (χ3v) is 8.59. The molecule has 0 amide bonds. The van der Waals surface area contributed by atoms with Crippen molar-refractivity contribution < 1.29 is 0 Å². The molecule has 1 nitrogen and oxygen atoms in total. The zero-order valence-electron chi connectivity index (χ0n) is 20.5. The first-order valence-electron chi connectivity index (χ1n) is 13.1. The van der Waals surface area contributed by atoms with Crippen LogP contribution in [0.25, 0.3) is 6.08 Å². The lowest BCUT2D eigenvalue weighted by molar-refractivity contribution is 0.468. The molecule has 5 aliphatic carbocycles. The predicted molar refractivity (Wildman–Crippen MR) is 140 cm³/mol. The highest BCUT2D eigenvalue weighted by atomic mass is 15.0. The quantitative estimate of drug-likeness (QED) is 0.454. The number of rotatable bonds is 3. The monoisotopic (exact) mass is 435 g/mol. The van der Waals surface area contributed by atoms with E-state index in [1.807, 2.05) is 0 Å². The molecule has 33 heavy (non-hydrogen) atoms. The molecule has 0 saturated heterocycles. The van der Waals surface area contributed by atoms with Gasteiger partial charge in [-0.3, -0.25) is 0 Å². The first kappa shape index (κ1) is 21.0. The molecule has 0 spiro atoms. The lowest BCUT2D eigenvalue weighted by Gasteiger charge is -2.39. The smallest absolute Gasteiger partial charge is 0.0441 e. The van der Waals surface area contributed by atoms with Crippen LogP contribution in [0.4, 0.5) is 0 Å². The third kappa shape index (κ3) is 3.52. The zero-order valence-corrected chi connectivity index (χ0v) is 20.5. The SMILES string of the molecule is CC1C=CC=C(C2=CC3=C(CC2)Cc2c4c(n(CC5C=CC=CC5)c2C3(C)C)C=CCC4)C1. The average Bonchev–Trinajstić information content (AvgIpc) is 3.14. The van der Waals surface area contributed by atoms with Gasteiger partial charge in [-0.05, 0) is 90.7 Å². The van der Waals surface area contributed by atoms with Gasteiger partial charge in [-0.15, -0.1) is 0 Å². The summed E-state index contributed by atoms with van der Waals surface area (Å²) in [6, 6.07) is 0. The van der Waals surface area contributed by atoms with Gasteiger partial charge in [-0.1, -0.05) is 81.0 Å². The third-order valence-electron chi connectivity index (χ3n) is 8.59. The second kappa shape index (κ2) is 8.05. The van der Waals surface area contributed by atoms with Crippen molar-refractivity contribution in [1.82, 2.24) is 4.57 Å². The Morgan fingerprint density at radius 2 is 1.88 bits per heavy atom. The van der Waals surface area contributed by atoms with Crippen molar-refractivity contribution in [2.45, 2.75) is 77.7 Å². The molecule has 0 N–H and O–H groups in total. The van der Waals surface area contributed by atoms with Gasteiger partial charge in [0, 0.05) is 23.3 Å². The van der Waals surface area contributed by atoms with E-state index in [0.29, 0.717) is 11.8 Å². The van der Waals surface area contributed by atoms with Crippen LogP contribution in [-0.4, -0.2) is 4.57 Å². The van der Waals surface area contributed by atoms with Crippen molar-refractivity contribution in [3.8, 4) is 0 Å². The molecule has 0 saturated carbocycles. The number of aromatic nitrogens is 1. The Morgan fingerprint density at radius 3 is 2.70 bits per heavy atom. The minimum absolute atomic E-state index is 0.0463. The van der Waals surface area contributed by atoms with Crippen molar-refractivity contribution in [3.05, 3.63) is 99.5 Å². The standard InChI is InChI=1S/C32H37N/c1-22-10-9-13-24(18-22)25-16-17-26-19-28-27-14-7-8-15-30(27)33(21-23-11-5-4-6-12-23)31(28)32(2,3)29(26)20-25/h4-6,8-11,13,15,20,22-23H,7,12,14,16-19,21H2,1-3H3. The highest BCUT2D eigenvalue weighted by Crippen LogP contribution is 2.50. The van der Waals surface area contributed by atoms with Gasteiger partial charge in [0.15, 0.2) is 0 Å². The molecule has 1 heterocycles. The molecule has 1 heteroatoms. The molecule has 170 valence electrons. The molecular weight excluding hydrogens is 398 g/mol. The molecule has 6 rings (SSSR count). The van der Waals surface area contributed by atoms with Crippen LogP contribution in [-0.2, 0) is 24.8 Å².